The fraction of sp³-hybridized carbons (Fsp3) is 0.125. The van der Waals surface area contributed by atoms with Crippen molar-refractivity contribution in [3.63, 3.8) is 0 Å². The molecular formula is C16H14N2OS. The van der Waals surface area contributed by atoms with Crippen molar-refractivity contribution in [1.82, 2.24) is 9.97 Å². The smallest absolute Gasteiger partial charge is 0.117 e. The largest absolute Gasteiger partial charge is 0.392 e. The molecule has 1 aromatic heterocycles. The number of aliphatic hydroxyl groups is 1. The molecule has 2 aromatic carbocycles. The number of aromatic nitrogens is 2. The van der Waals surface area contributed by atoms with Crippen molar-refractivity contribution in [1.29, 1.82) is 0 Å². The molecule has 0 atom stereocenters. The summed E-state index contributed by atoms with van der Waals surface area (Å²) in [7, 11) is 0. The standard InChI is InChI=1S/C16H14N2OS/c19-9-12-5-7-13(8-6-12)10-20-16-14-3-1-2-4-15(14)17-11-18-16/h1-8,11,19H,9-10H2. The molecule has 1 N–H and O–H groups in total. The van der Waals surface area contributed by atoms with Gasteiger partial charge in [0.25, 0.3) is 0 Å². The summed E-state index contributed by atoms with van der Waals surface area (Å²) in [6, 6.07) is 16.0. The van der Waals surface area contributed by atoms with Gasteiger partial charge in [0, 0.05) is 11.1 Å². The molecule has 0 amide bonds. The molecule has 0 saturated carbocycles. The first-order valence-corrected chi connectivity index (χ1v) is 7.36. The van der Waals surface area contributed by atoms with Gasteiger partial charge in [0.2, 0.25) is 0 Å². The first kappa shape index (κ1) is 13.1. The Kier molecular flexibility index (Phi) is 3.95. The van der Waals surface area contributed by atoms with Gasteiger partial charge >= 0.3 is 0 Å². The van der Waals surface area contributed by atoms with E-state index in [1.807, 2.05) is 48.5 Å². The summed E-state index contributed by atoms with van der Waals surface area (Å²) in [5, 5.41) is 11.1. The number of fused-ring (bicyclic) bond motifs is 1. The molecule has 0 unspecified atom stereocenters. The normalized spacial score (nSPS) is 10.8. The van der Waals surface area contributed by atoms with Gasteiger partial charge in [-0.25, -0.2) is 9.97 Å². The Morgan fingerprint density at radius 3 is 2.45 bits per heavy atom. The van der Waals surface area contributed by atoms with Crippen molar-refractivity contribution >= 4 is 22.7 Å². The van der Waals surface area contributed by atoms with Gasteiger partial charge in [-0.05, 0) is 17.2 Å². The number of rotatable bonds is 4. The van der Waals surface area contributed by atoms with Gasteiger partial charge in [0.05, 0.1) is 12.1 Å². The Bertz CT molecular complexity index is 708. The highest BCUT2D eigenvalue weighted by atomic mass is 32.2. The van der Waals surface area contributed by atoms with Crippen LogP contribution in [0.5, 0.6) is 0 Å². The summed E-state index contributed by atoms with van der Waals surface area (Å²) in [5.41, 5.74) is 3.13. The van der Waals surface area contributed by atoms with E-state index in [0.717, 1.165) is 27.2 Å². The molecule has 0 aliphatic rings. The molecule has 0 aliphatic carbocycles. The van der Waals surface area contributed by atoms with E-state index in [1.165, 1.54) is 5.56 Å². The van der Waals surface area contributed by atoms with Gasteiger partial charge in [-0.3, -0.25) is 0 Å². The van der Waals surface area contributed by atoms with Crippen LogP contribution >= 0.6 is 11.8 Å². The molecular weight excluding hydrogens is 268 g/mol. The molecule has 0 aliphatic heterocycles. The molecule has 3 rings (SSSR count). The number of hydrogen-bond acceptors (Lipinski definition) is 4. The zero-order valence-electron chi connectivity index (χ0n) is 10.9. The van der Waals surface area contributed by atoms with E-state index in [-0.39, 0.29) is 6.61 Å². The molecule has 0 spiro atoms. The number of nitrogens with zero attached hydrogens (tertiary/aromatic N) is 2. The molecule has 20 heavy (non-hydrogen) atoms. The lowest BCUT2D eigenvalue weighted by Crippen LogP contribution is -1.88. The molecule has 0 fully saturated rings. The first-order chi connectivity index (χ1) is 9.86. The third-order valence-electron chi connectivity index (χ3n) is 3.09. The second-order valence-corrected chi connectivity index (χ2v) is 5.42. The van der Waals surface area contributed by atoms with Crippen LogP contribution < -0.4 is 0 Å². The molecule has 100 valence electrons. The highest BCUT2D eigenvalue weighted by Gasteiger charge is 2.04. The zero-order chi connectivity index (χ0) is 13.8. The lowest BCUT2D eigenvalue weighted by Gasteiger charge is -2.05. The average molecular weight is 282 g/mol. The van der Waals surface area contributed by atoms with Crippen molar-refractivity contribution in [2.24, 2.45) is 0 Å². The lowest BCUT2D eigenvalue weighted by atomic mass is 10.2. The Hall–Kier alpha value is -1.91. The van der Waals surface area contributed by atoms with E-state index in [0.29, 0.717) is 0 Å². The van der Waals surface area contributed by atoms with Gasteiger partial charge in [0.1, 0.15) is 11.4 Å². The Balaban J connectivity index is 1.79. The maximum absolute atomic E-state index is 9.03. The highest BCUT2D eigenvalue weighted by molar-refractivity contribution is 7.98. The molecule has 4 heteroatoms. The van der Waals surface area contributed by atoms with Crippen LogP contribution in [-0.4, -0.2) is 15.1 Å². The van der Waals surface area contributed by atoms with Gasteiger partial charge in [-0.1, -0.05) is 42.5 Å². The van der Waals surface area contributed by atoms with E-state index in [9.17, 15) is 0 Å². The maximum atomic E-state index is 9.03. The van der Waals surface area contributed by atoms with Crippen LogP contribution in [0.25, 0.3) is 10.9 Å². The minimum atomic E-state index is 0.0873. The highest BCUT2D eigenvalue weighted by Crippen LogP contribution is 2.27. The topological polar surface area (TPSA) is 46.0 Å². The monoisotopic (exact) mass is 282 g/mol. The number of hydrogen-bond donors (Lipinski definition) is 1. The summed E-state index contributed by atoms with van der Waals surface area (Å²) in [6.07, 6.45) is 1.61. The van der Waals surface area contributed by atoms with Crippen molar-refractivity contribution in [3.05, 3.63) is 66.0 Å². The molecule has 3 nitrogen and oxygen atoms in total. The minimum absolute atomic E-state index is 0.0873. The Labute approximate surface area is 121 Å². The van der Waals surface area contributed by atoms with Gasteiger partial charge in [-0.15, -0.1) is 11.8 Å². The fourth-order valence-electron chi connectivity index (χ4n) is 1.99. The van der Waals surface area contributed by atoms with Crippen LogP contribution in [0.1, 0.15) is 11.1 Å². The summed E-state index contributed by atoms with van der Waals surface area (Å²) < 4.78 is 0. The zero-order valence-corrected chi connectivity index (χ0v) is 11.7. The first-order valence-electron chi connectivity index (χ1n) is 6.38. The molecule has 1 heterocycles. The van der Waals surface area contributed by atoms with Crippen LogP contribution in [0.4, 0.5) is 0 Å². The van der Waals surface area contributed by atoms with Crippen LogP contribution in [0.2, 0.25) is 0 Å². The van der Waals surface area contributed by atoms with Crippen molar-refractivity contribution < 1.29 is 5.11 Å². The summed E-state index contributed by atoms with van der Waals surface area (Å²) in [4.78, 5) is 8.63. The quantitative estimate of drug-likeness (QED) is 0.588. The molecule has 0 saturated heterocycles. The predicted octanol–water partition coefficient (Wildman–Crippen LogP) is 3.41. The van der Waals surface area contributed by atoms with Crippen molar-refractivity contribution in [2.75, 3.05) is 0 Å². The Morgan fingerprint density at radius 1 is 0.900 bits per heavy atom. The third kappa shape index (κ3) is 2.81. The average Bonchev–Trinajstić information content (AvgIpc) is 2.53. The maximum Gasteiger partial charge on any atom is 0.117 e. The van der Waals surface area contributed by atoms with E-state index in [4.69, 9.17) is 5.11 Å². The van der Waals surface area contributed by atoms with Crippen LogP contribution in [0.3, 0.4) is 0 Å². The van der Waals surface area contributed by atoms with E-state index >= 15 is 0 Å². The third-order valence-corrected chi connectivity index (χ3v) is 4.16. The van der Waals surface area contributed by atoms with E-state index < -0.39 is 0 Å². The Morgan fingerprint density at radius 2 is 1.65 bits per heavy atom. The predicted molar refractivity (Wildman–Crippen MR) is 81.5 cm³/mol. The fourth-order valence-corrected chi connectivity index (χ4v) is 2.93. The van der Waals surface area contributed by atoms with E-state index in [1.54, 1.807) is 18.1 Å². The number of para-hydroxylation sites is 1. The molecule has 0 bridgehead atoms. The number of thioether (sulfide) groups is 1. The second kappa shape index (κ2) is 6.03. The van der Waals surface area contributed by atoms with Crippen LogP contribution in [0, 0.1) is 0 Å². The molecule has 0 radical (unpaired) electrons. The SMILES string of the molecule is OCc1ccc(CSc2ncnc3ccccc23)cc1. The van der Waals surface area contributed by atoms with Crippen molar-refractivity contribution in [2.45, 2.75) is 17.4 Å². The number of aliphatic hydroxyl groups excluding tert-OH is 1. The van der Waals surface area contributed by atoms with Crippen LogP contribution in [-0.2, 0) is 12.4 Å². The minimum Gasteiger partial charge on any atom is -0.392 e. The summed E-state index contributed by atoms with van der Waals surface area (Å²) in [6.45, 7) is 0.0873. The van der Waals surface area contributed by atoms with Crippen molar-refractivity contribution in [3.8, 4) is 0 Å². The summed E-state index contributed by atoms with van der Waals surface area (Å²) in [5.74, 6) is 0.854. The molecule has 3 aromatic rings. The van der Waals surface area contributed by atoms with Crippen LogP contribution in [0.15, 0.2) is 59.9 Å². The number of benzene rings is 2. The van der Waals surface area contributed by atoms with Gasteiger partial charge in [0.15, 0.2) is 0 Å². The summed E-state index contributed by atoms with van der Waals surface area (Å²) >= 11 is 1.70. The van der Waals surface area contributed by atoms with E-state index in [2.05, 4.69) is 9.97 Å². The van der Waals surface area contributed by atoms with Gasteiger partial charge in [-0.2, -0.15) is 0 Å². The second-order valence-electron chi connectivity index (χ2n) is 4.46. The van der Waals surface area contributed by atoms with Gasteiger partial charge < -0.3 is 5.11 Å². The lowest BCUT2D eigenvalue weighted by molar-refractivity contribution is 0.282.